The molecule has 0 amide bonds. The molecule has 12 heavy (non-hydrogen) atoms. The molecule has 0 aromatic rings. The molecule has 5 nitrogen and oxygen atoms in total. The molecule has 0 spiro atoms. The van der Waals surface area contributed by atoms with Crippen LogP contribution in [0.5, 0.6) is 0 Å². The summed E-state index contributed by atoms with van der Waals surface area (Å²) in [5, 5.41) is 8.28. The summed E-state index contributed by atoms with van der Waals surface area (Å²) < 4.78 is 4.75. The first kappa shape index (κ1) is 13.8. The first-order chi connectivity index (χ1) is 5.18. The van der Waals surface area contributed by atoms with Crippen LogP contribution in [0.2, 0.25) is 0 Å². The third-order valence-corrected chi connectivity index (χ3v) is 0.903. The zero-order valence-corrected chi connectivity index (χ0v) is 7.29. The predicted octanol–water partition coefficient (Wildman–Crippen LogP) is -0.691. The number of carbonyl (C=O) groups is 1. The number of ether oxygens (including phenoxy) is 1. The van der Waals surface area contributed by atoms with Crippen LogP contribution in [0.25, 0.3) is 0 Å². The van der Waals surface area contributed by atoms with Crippen molar-refractivity contribution in [3.05, 3.63) is 12.3 Å². The number of carboxylic acid groups (broad SMARTS) is 1. The molecule has 0 saturated heterocycles. The fourth-order valence-electron chi connectivity index (χ4n) is 0.359. The second-order valence-electron chi connectivity index (χ2n) is 1.85. The van der Waals surface area contributed by atoms with Crippen molar-refractivity contribution < 1.29 is 14.6 Å². The summed E-state index contributed by atoms with van der Waals surface area (Å²) in [5.41, 5.74) is 10.2. The number of carboxylic acids is 1. The quantitative estimate of drug-likeness (QED) is 0.399. The van der Waals surface area contributed by atoms with E-state index < -0.39 is 12.0 Å². The second-order valence-corrected chi connectivity index (χ2v) is 1.85. The van der Waals surface area contributed by atoms with Gasteiger partial charge in [0.15, 0.2) is 0 Å². The lowest BCUT2D eigenvalue weighted by Gasteiger charge is -1.98. The average Bonchev–Trinajstić information content (AvgIpc) is 1.97. The van der Waals surface area contributed by atoms with E-state index in [2.05, 4.69) is 0 Å². The molecular formula is C6H13ClN2O3. The Bertz CT molecular complexity index is 152. The largest absolute Gasteiger partial charge is 0.500 e. The molecule has 1 atom stereocenters. The van der Waals surface area contributed by atoms with E-state index >= 15 is 0 Å². The van der Waals surface area contributed by atoms with Crippen LogP contribution in [-0.2, 0) is 9.53 Å². The predicted molar refractivity (Wildman–Crippen MR) is 47.0 cm³/mol. The van der Waals surface area contributed by atoms with Gasteiger partial charge in [0.2, 0.25) is 0 Å². The van der Waals surface area contributed by atoms with Gasteiger partial charge in [0.1, 0.15) is 6.04 Å². The molecule has 0 bridgehead atoms. The van der Waals surface area contributed by atoms with Crippen molar-refractivity contribution in [2.24, 2.45) is 11.5 Å². The van der Waals surface area contributed by atoms with Gasteiger partial charge in [-0.1, -0.05) is 0 Å². The van der Waals surface area contributed by atoms with E-state index in [1.54, 1.807) is 0 Å². The maximum Gasteiger partial charge on any atom is 0.324 e. The zero-order valence-electron chi connectivity index (χ0n) is 6.47. The molecule has 0 aliphatic carbocycles. The second kappa shape index (κ2) is 8.32. The fraction of sp³-hybridized carbons (Fsp3) is 0.500. The Morgan fingerprint density at radius 1 is 1.67 bits per heavy atom. The van der Waals surface area contributed by atoms with Gasteiger partial charge < -0.3 is 21.3 Å². The van der Waals surface area contributed by atoms with E-state index in [9.17, 15) is 4.79 Å². The van der Waals surface area contributed by atoms with Gasteiger partial charge in [0.05, 0.1) is 12.9 Å². The first-order valence-electron chi connectivity index (χ1n) is 3.15. The molecule has 0 aromatic carbocycles. The minimum Gasteiger partial charge on any atom is -0.500 e. The SMILES string of the molecule is Cl.NCCO/C=C/C(N)C(=O)O. The van der Waals surface area contributed by atoms with E-state index in [1.807, 2.05) is 0 Å². The molecule has 1 unspecified atom stereocenters. The van der Waals surface area contributed by atoms with Crippen LogP contribution < -0.4 is 11.5 Å². The summed E-state index contributed by atoms with van der Waals surface area (Å²) >= 11 is 0. The van der Waals surface area contributed by atoms with Gasteiger partial charge >= 0.3 is 5.97 Å². The van der Waals surface area contributed by atoms with Gasteiger partial charge in [-0.05, 0) is 6.08 Å². The first-order valence-corrected chi connectivity index (χ1v) is 3.15. The topological polar surface area (TPSA) is 98.6 Å². The van der Waals surface area contributed by atoms with E-state index in [0.717, 1.165) is 0 Å². The summed E-state index contributed by atoms with van der Waals surface area (Å²) in [6, 6.07) is -1.01. The Balaban J connectivity index is 0. The van der Waals surface area contributed by atoms with Crippen LogP contribution in [0.1, 0.15) is 0 Å². The lowest BCUT2D eigenvalue weighted by molar-refractivity contribution is -0.137. The van der Waals surface area contributed by atoms with Gasteiger partial charge in [-0.2, -0.15) is 0 Å². The van der Waals surface area contributed by atoms with Crippen LogP contribution in [0.15, 0.2) is 12.3 Å². The van der Waals surface area contributed by atoms with Crippen molar-refractivity contribution in [3.8, 4) is 0 Å². The lowest BCUT2D eigenvalue weighted by atomic mass is 10.3. The third-order valence-electron chi connectivity index (χ3n) is 0.903. The van der Waals surface area contributed by atoms with Crippen molar-refractivity contribution in [1.82, 2.24) is 0 Å². The van der Waals surface area contributed by atoms with Crippen LogP contribution in [0, 0.1) is 0 Å². The van der Waals surface area contributed by atoms with Gasteiger partial charge in [-0.25, -0.2) is 0 Å². The highest BCUT2D eigenvalue weighted by Crippen LogP contribution is 1.83. The monoisotopic (exact) mass is 196 g/mol. The smallest absolute Gasteiger partial charge is 0.324 e. The van der Waals surface area contributed by atoms with Crippen molar-refractivity contribution in [2.75, 3.05) is 13.2 Å². The Morgan fingerprint density at radius 3 is 2.67 bits per heavy atom. The fourth-order valence-corrected chi connectivity index (χ4v) is 0.359. The Kier molecular flexibility index (Phi) is 9.56. The standard InChI is InChI=1S/C6H12N2O3.ClH/c7-2-4-11-3-1-5(8)6(9)10;/h1,3,5H,2,4,7-8H2,(H,9,10);1H/b3-1+;. The Labute approximate surface area is 76.8 Å². The van der Waals surface area contributed by atoms with Gasteiger partial charge in [-0.3, -0.25) is 4.79 Å². The molecule has 0 rings (SSSR count). The zero-order chi connectivity index (χ0) is 8.69. The summed E-state index contributed by atoms with van der Waals surface area (Å²) in [4.78, 5) is 10.1. The highest BCUT2D eigenvalue weighted by Gasteiger charge is 2.05. The van der Waals surface area contributed by atoms with E-state index in [1.165, 1.54) is 12.3 Å². The van der Waals surface area contributed by atoms with Crippen LogP contribution in [0.4, 0.5) is 0 Å². The number of aliphatic carboxylic acids is 1. The molecule has 5 N–H and O–H groups in total. The molecule has 72 valence electrons. The highest BCUT2D eigenvalue weighted by molar-refractivity contribution is 5.85. The van der Waals surface area contributed by atoms with E-state index in [4.69, 9.17) is 21.3 Å². The molecule has 0 fully saturated rings. The van der Waals surface area contributed by atoms with E-state index in [-0.39, 0.29) is 12.4 Å². The summed E-state index contributed by atoms with van der Waals surface area (Å²) in [5.74, 6) is -1.09. The molecule has 0 aromatic heterocycles. The summed E-state index contributed by atoms with van der Waals surface area (Å²) in [6.07, 6.45) is 2.49. The van der Waals surface area contributed by atoms with Crippen LogP contribution in [-0.4, -0.2) is 30.3 Å². The summed E-state index contributed by atoms with van der Waals surface area (Å²) in [6.45, 7) is 0.759. The molecule has 0 heterocycles. The summed E-state index contributed by atoms with van der Waals surface area (Å²) in [7, 11) is 0. The third kappa shape index (κ3) is 7.33. The maximum atomic E-state index is 10.1. The van der Waals surface area contributed by atoms with Crippen molar-refractivity contribution in [3.63, 3.8) is 0 Å². The maximum absolute atomic E-state index is 10.1. The average molecular weight is 197 g/mol. The Morgan fingerprint density at radius 2 is 2.25 bits per heavy atom. The normalized spacial score (nSPS) is 12.2. The van der Waals surface area contributed by atoms with Crippen molar-refractivity contribution in [2.45, 2.75) is 6.04 Å². The molecular weight excluding hydrogens is 184 g/mol. The van der Waals surface area contributed by atoms with Gasteiger partial charge in [-0.15, -0.1) is 12.4 Å². The van der Waals surface area contributed by atoms with Crippen LogP contribution >= 0.6 is 12.4 Å². The minimum atomic E-state index is -1.09. The number of hydrogen-bond donors (Lipinski definition) is 3. The van der Waals surface area contributed by atoms with Crippen molar-refractivity contribution in [1.29, 1.82) is 0 Å². The van der Waals surface area contributed by atoms with E-state index in [0.29, 0.717) is 13.2 Å². The number of hydrogen-bond acceptors (Lipinski definition) is 4. The molecule has 0 radical (unpaired) electrons. The van der Waals surface area contributed by atoms with Gasteiger partial charge in [0.25, 0.3) is 0 Å². The molecule has 0 aliphatic rings. The number of halogens is 1. The van der Waals surface area contributed by atoms with Crippen LogP contribution in [0.3, 0.4) is 0 Å². The number of nitrogens with two attached hydrogens (primary N) is 2. The molecule has 6 heteroatoms. The number of rotatable bonds is 5. The van der Waals surface area contributed by atoms with Gasteiger partial charge in [0, 0.05) is 6.54 Å². The minimum absolute atomic E-state index is 0. The molecule has 0 aliphatic heterocycles. The lowest BCUT2D eigenvalue weighted by Crippen LogP contribution is -2.27. The van der Waals surface area contributed by atoms with Crippen molar-refractivity contribution >= 4 is 18.4 Å². The Hall–Kier alpha value is -0.780. The molecule has 0 saturated carbocycles. The highest BCUT2D eigenvalue weighted by atomic mass is 35.5.